The van der Waals surface area contributed by atoms with E-state index in [-0.39, 0.29) is 139 Å². The number of nitrogens with zero attached hydrogens (tertiary/aromatic N) is 12. The van der Waals surface area contributed by atoms with Crippen LogP contribution in [0.5, 0.6) is 5.75 Å². The topological polar surface area (TPSA) is 345 Å². The van der Waals surface area contributed by atoms with Crippen LogP contribution in [0.1, 0.15) is 251 Å². The third-order valence-corrected chi connectivity index (χ3v) is 21.2. The predicted octanol–water partition coefficient (Wildman–Crippen LogP) is 13.6. The van der Waals surface area contributed by atoms with Crippen molar-refractivity contribution < 1.29 is 71.8 Å². The highest BCUT2D eigenvalue weighted by atomic mass is 16.6. The van der Waals surface area contributed by atoms with Crippen LogP contribution in [-0.4, -0.2) is 147 Å². The minimum atomic E-state index is -0.664. The molecule has 0 saturated carbocycles. The van der Waals surface area contributed by atoms with Crippen molar-refractivity contribution in [2.24, 2.45) is 61.4 Å². The molecule has 0 aliphatic carbocycles. The average Bonchev–Trinajstić information content (AvgIpc) is 1.62. The Labute approximate surface area is 702 Å². The number of unbranched alkanes of at least 4 members (excludes halogenated alkanes) is 4. The number of rotatable bonds is 39. The summed E-state index contributed by atoms with van der Waals surface area (Å²) in [7, 11) is 13.8. The summed E-state index contributed by atoms with van der Waals surface area (Å²) < 4.78 is 24.6. The maximum atomic E-state index is 13.7. The van der Waals surface area contributed by atoms with E-state index in [0.717, 1.165) is 48.1 Å². The lowest BCUT2D eigenvalue weighted by atomic mass is 10.1. The van der Waals surface area contributed by atoms with Crippen molar-refractivity contribution in [3.05, 3.63) is 219 Å². The molecule has 0 unspecified atom stereocenters. The zero-order valence-corrected chi connectivity index (χ0v) is 71.3. The normalized spacial score (nSPS) is 12.8. The molecule has 2 aliphatic heterocycles. The smallest absolute Gasteiger partial charge is 0.412 e. The van der Waals surface area contributed by atoms with E-state index in [2.05, 4.69) is 25.6 Å². The summed E-state index contributed by atoms with van der Waals surface area (Å²) in [6.45, 7) is 10.6. The maximum Gasteiger partial charge on any atom is 0.412 e. The molecule has 12 rings (SSSR count). The highest BCUT2D eigenvalue weighted by Gasteiger charge is 2.37. The fourth-order valence-electron chi connectivity index (χ4n) is 15.4. The Bertz CT molecular complexity index is 5720. The lowest BCUT2D eigenvalue weighted by molar-refractivity contribution is -0.117. The Morgan fingerprint density at radius 3 is 1.32 bits per heavy atom. The number of hydrogen-bond donors (Lipinski definition) is 2. The van der Waals surface area contributed by atoms with Crippen molar-refractivity contribution in [3.8, 4) is 5.75 Å². The van der Waals surface area contributed by atoms with E-state index in [1.807, 2.05) is 48.4 Å². The van der Waals surface area contributed by atoms with Crippen LogP contribution >= 0.6 is 0 Å². The van der Waals surface area contributed by atoms with Crippen molar-refractivity contribution in [3.63, 3.8) is 0 Å². The molecule has 0 spiro atoms. The monoisotopic (exact) mass is 1650 g/mol. The summed E-state index contributed by atoms with van der Waals surface area (Å²) in [5, 5.41) is 5.50. The SMILES string of the molecule is CC(=O)CCCCCC(=O)c1cc(CC(=O)c2cc(CC(=O)c3nc(CC(=O)c4cc(NC(=O)CCCOc5cc6c(cc5C)C(=O)N5c7ccccc7C[C@H]5C=N6)cn4C)cn3C)cn2C)cn1C.CC(=O)CCCCCC(=O)c1cc(CC(=O)c2cc(CC(=O)c3nc(CC(=O)c4cc(NC(=O)OC(C)(C)C)cn4C)cn3C)cn2C)cn1C. The first-order chi connectivity index (χ1) is 57.4. The molecule has 2 aliphatic rings. The number of benzene rings is 2. The number of Topliss-reactive ketones (excluding diaryl/α,β-unsaturated/α-hetero) is 10. The molecule has 2 aromatic carbocycles. The fourth-order valence-corrected chi connectivity index (χ4v) is 15.4. The van der Waals surface area contributed by atoms with Gasteiger partial charge in [-0.2, -0.15) is 0 Å². The van der Waals surface area contributed by atoms with Gasteiger partial charge in [-0.1, -0.05) is 31.0 Å². The first kappa shape index (κ1) is 88.7. The van der Waals surface area contributed by atoms with Crippen LogP contribution in [-0.2, 0) is 120 Å². The summed E-state index contributed by atoms with van der Waals surface area (Å²) >= 11 is 0. The van der Waals surface area contributed by atoms with Crippen LogP contribution in [0.4, 0.5) is 27.5 Å². The van der Waals surface area contributed by atoms with E-state index in [9.17, 15) is 62.3 Å². The van der Waals surface area contributed by atoms with Gasteiger partial charge in [0.2, 0.25) is 17.5 Å². The molecule has 2 N–H and O–H groups in total. The second kappa shape index (κ2) is 38.8. The van der Waals surface area contributed by atoms with Gasteiger partial charge in [0.15, 0.2) is 46.3 Å². The van der Waals surface area contributed by atoms with Crippen LogP contribution in [0.3, 0.4) is 0 Å². The van der Waals surface area contributed by atoms with Gasteiger partial charge in [0.1, 0.15) is 22.9 Å². The maximum absolute atomic E-state index is 13.7. The zero-order valence-electron chi connectivity index (χ0n) is 71.3. The molecular weight excluding hydrogens is 1540 g/mol. The molecular formula is C92H106N14O15. The van der Waals surface area contributed by atoms with Crippen molar-refractivity contribution in [2.75, 3.05) is 22.1 Å². The van der Waals surface area contributed by atoms with Gasteiger partial charge >= 0.3 is 6.09 Å². The first-order valence-electron chi connectivity index (χ1n) is 40.7. The van der Waals surface area contributed by atoms with Gasteiger partial charge in [-0.05, 0) is 156 Å². The standard InChI is InChI=1S/C54H58N8O8.C38H48N6O7/c1-33-19-41-42(55-28-40-24-37-14-10-11-15-43(37)62(40)54(41)69)27-51(33)70-18-12-17-52(68)56-38-25-46(60(5)31-38)49(66)26-39-32-61(6)53(57-39)50(67)23-36-21-45(59(4)30-36)48(65)22-35-20-44(58(3)29-35)47(64)16-9-7-8-13-34(2)63;1-24(45)12-10-9-11-13-32(46)29-14-25(20-41(29)5)16-33(47)30-15-26(21-42(30)6)17-35(49)36-39-28(23-44(36)8)19-34(48)31-18-27(22-43(31)7)40-37(50)51-38(2,3)4/h10-11,14-15,19-21,25,27-32,40H,7-9,12-13,16-18,22-24,26H2,1-6H3,(H,56,68);14-15,18,20-23H,9-13,16-17,19H2,1-8H3,(H,40,50)/t40-;/m0./s1. The van der Waals surface area contributed by atoms with Crippen molar-refractivity contribution in [1.82, 2.24) is 46.5 Å². The number of carbonyl (C=O) groups excluding carboxylic acids is 13. The van der Waals surface area contributed by atoms with Crippen molar-refractivity contribution in [1.29, 1.82) is 0 Å². The van der Waals surface area contributed by atoms with Crippen molar-refractivity contribution >= 4 is 105 Å². The molecule has 29 nitrogen and oxygen atoms in total. The molecule has 0 bridgehead atoms. The number of carbonyl (C=O) groups is 13. The Hall–Kier alpha value is -13.1. The summed E-state index contributed by atoms with van der Waals surface area (Å²) in [6, 6.07) is 21.4. The Kier molecular flexibility index (Phi) is 28.4. The molecule has 0 radical (unpaired) electrons. The van der Waals surface area contributed by atoms with Gasteiger partial charge in [0.05, 0.1) is 93.7 Å². The largest absolute Gasteiger partial charge is 0.493 e. The van der Waals surface area contributed by atoms with Gasteiger partial charge < -0.3 is 60.9 Å². The first-order valence-corrected chi connectivity index (χ1v) is 40.7. The molecule has 121 heavy (non-hydrogen) atoms. The van der Waals surface area contributed by atoms with Gasteiger partial charge in [-0.3, -0.25) is 63.2 Å². The molecule has 10 heterocycles. The van der Waals surface area contributed by atoms with Crippen LogP contribution < -0.4 is 20.3 Å². The van der Waals surface area contributed by atoms with E-state index in [1.54, 1.807) is 220 Å². The molecule has 29 heteroatoms. The number of para-hydroxylation sites is 1. The summed E-state index contributed by atoms with van der Waals surface area (Å²) in [4.78, 5) is 182. The van der Waals surface area contributed by atoms with Crippen LogP contribution in [0.25, 0.3) is 0 Å². The number of aromatic nitrogens is 10. The lowest BCUT2D eigenvalue weighted by Gasteiger charge is -2.21. The van der Waals surface area contributed by atoms with Crippen LogP contribution in [0, 0.1) is 6.92 Å². The van der Waals surface area contributed by atoms with Crippen molar-refractivity contribution in [2.45, 2.75) is 175 Å². The van der Waals surface area contributed by atoms with Crippen LogP contribution in [0.2, 0.25) is 0 Å². The minimum Gasteiger partial charge on any atom is -0.493 e. The zero-order chi connectivity index (χ0) is 87.4. The second-order valence-corrected chi connectivity index (χ2v) is 32.7. The Morgan fingerprint density at radius 2 is 0.860 bits per heavy atom. The predicted molar refractivity (Wildman–Crippen MR) is 457 cm³/mol. The number of fused-ring (bicyclic) bond motifs is 4. The molecule has 634 valence electrons. The van der Waals surface area contributed by atoms with E-state index in [4.69, 9.17) is 9.47 Å². The molecule has 0 saturated heterocycles. The highest BCUT2D eigenvalue weighted by molar-refractivity contribution is 6.15. The third kappa shape index (κ3) is 22.9. The molecule has 3 amide bonds. The van der Waals surface area contributed by atoms with Gasteiger partial charge in [0.25, 0.3) is 5.91 Å². The fraction of sp³-hybridized carbons (Fsp3) is 0.391. The highest BCUT2D eigenvalue weighted by Crippen LogP contribution is 2.39. The quantitative estimate of drug-likeness (QED) is 0.0267. The summed E-state index contributed by atoms with van der Waals surface area (Å²) in [5.74, 6) is -0.414. The van der Waals surface area contributed by atoms with Gasteiger partial charge in [0, 0.05) is 188 Å². The number of anilines is 3. The molecule has 0 fully saturated rings. The van der Waals surface area contributed by atoms with E-state index in [1.165, 1.54) is 0 Å². The third-order valence-electron chi connectivity index (χ3n) is 21.2. The number of aliphatic imine (C=N–C) groups is 1. The Balaban J connectivity index is 0.000000249. The van der Waals surface area contributed by atoms with E-state index < -0.39 is 11.7 Å². The summed E-state index contributed by atoms with van der Waals surface area (Å²) in [5.41, 5.74) is 10.3. The molecule has 1 atom stereocenters. The molecule has 10 aromatic rings. The van der Waals surface area contributed by atoms with Gasteiger partial charge in [-0.25, -0.2) is 14.8 Å². The number of hydrogen-bond acceptors (Lipinski definition) is 18. The van der Waals surface area contributed by atoms with Gasteiger partial charge in [-0.15, -0.1) is 0 Å². The van der Waals surface area contributed by atoms with Crippen LogP contribution in [0.15, 0.2) is 127 Å². The number of imidazole rings is 2. The van der Waals surface area contributed by atoms with E-state index in [0.29, 0.717) is 142 Å². The number of ketones is 10. The molecule has 8 aromatic heterocycles. The number of aryl methyl sites for hydroxylation is 9. The number of ether oxygens (including phenoxy) is 2. The number of amides is 3. The van der Waals surface area contributed by atoms with E-state index >= 15 is 0 Å². The minimum absolute atomic E-state index is 0.00203. The average molecular weight is 1650 g/mol. The lowest BCUT2D eigenvalue weighted by Crippen LogP contribution is -2.37. The second-order valence-electron chi connectivity index (χ2n) is 32.7. The summed E-state index contributed by atoms with van der Waals surface area (Å²) in [6.07, 6.45) is 22.6. The number of nitrogens with one attached hydrogen (secondary N) is 2. The Morgan fingerprint density at radius 1 is 0.446 bits per heavy atom.